The number of carbonyl (C=O) groups excluding carboxylic acids is 3. The molecule has 0 aromatic heterocycles. The van der Waals surface area contributed by atoms with Crippen LogP contribution in [0, 0.1) is 17.6 Å². The van der Waals surface area contributed by atoms with Gasteiger partial charge in [0.15, 0.2) is 11.6 Å². The van der Waals surface area contributed by atoms with E-state index in [0.29, 0.717) is 0 Å². The van der Waals surface area contributed by atoms with Crippen LogP contribution in [0.3, 0.4) is 0 Å². The molecule has 24 heavy (non-hydrogen) atoms. The maximum Gasteiger partial charge on any atom is 0.328 e. The van der Waals surface area contributed by atoms with Crippen LogP contribution >= 0.6 is 0 Å². The van der Waals surface area contributed by atoms with E-state index < -0.39 is 41.4 Å². The van der Waals surface area contributed by atoms with Crippen molar-refractivity contribution < 1.29 is 32.6 Å². The third kappa shape index (κ3) is 5.60. The number of carbonyl (C=O) groups is 3. The highest BCUT2D eigenvalue weighted by Crippen LogP contribution is 2.13. The van der Waals surface area contributed by atoms with E-state index in [4.69, 9.17) is 0 Å². The third-order valence-corrected chi connectivity index (χ3v) is 3.41. The van der Waals surface area contributed by atoms with E-state index in [0.717, 1.165) is 19.2 Å². The summed E-state index contributed by atoms with van der Waals surface area (Å²) >= 11 is 0. The van der Waals surface area contributed by atoms with E-state index in [1.807, 2.05) is 0 Å². The van der Waals surface area contributed by atoms with E-state index in [1.165, 1.54) is 13.2 Å². The Kier molecular flexibility index (Phi) is 7.29. The summed E-state index contributed by atoms with van der Waals surface area (Å²) in [5, 5.41) is 2.44. The molecule has 1 aromatic rings. The SMILES string of the molecule is COC(=O)C[C@H](C)[C@@H](NC(=O)Cc1ccc(F)c(F)c1)C(=O)OC. The highest BCUT2D eigenvalue weighted by molar-refractivity contribution is 5.86. The van der Waals surface area contributed by atoms with Gasteiger partial charge in [0, 0.05) is 0 Å². The van der Waals surface area contributed by atoms with Crippen LogP contribution in [0.25, 0.3) is 0 Å². The van der Waals surface area contributed by atoms with Crippen molar-refractivity contribution in [2.75, 3.05) is 14.2 Å². The highest BCUT2D eigenvalue weighted by Gasteiger charge is 2.29. The van der Waals surface area contributed by atoms with Crippen LogP contribution < -0.4 is 5.32 Å². The number of hydrogen-bond donors (Lipinski definition) is 1. The smallest absolute Gasteiger partial charge is 0.328 e. The molecule has 0 saturated carbocycles. The van der Waals surface area contributed by atoms with Crippen LogP contribution in [0.2, 0.25) is 0 Å². The second-order valence-electron chi connectivity index (χ2n) is 5.25. The van der Waals surface area contributed by atoms with Crippen LogP contribution in [0.15, 0.2) is 18.2 Å². The lowest BCUT2D eigenvalue weighted by Gasteiger charge is -2.22. The summed E-state index contributed by atoms with van der Waals surface area (Å²) in [6, 6.07) is 2.02. The van der Waals surface area contributed by atoms with Gasteiger partial charge in [-0.3, -0.25) is 9.59 Å². The Labute approximate surface area is 138 Å². The van der Waals surface area contributed by atoms with Gasteiger partial charge in [0.25, 0.3) is 0 Å². The minimum absolute atomic E-state index is 0.0955. The summed E-state index contributed by atoms with van der Waals surface area (Å²) in [6.07, 6.45) is -0.350. The molecule has 2 atom stereocenters. The molecule has 0 unspecified atom stereocenters. The molecule has 0 aliphatic rings. The summed E-state index contributed by atoms with van der Waals surface area (Å²) in [7, 11) is 2.37. The van der Waals surface area contributed by atoms with Crippen molar-refractivity contribution in [1.29, 1.82) is 0 Å². The van der Waals surface area contributed by atoms with E-state index in [-0.39, 0.29) is 18.4 Å². The molecule has 1 rings (SSSR count). The Bertz CT molecular complexity index is 620. The highest BCUT2D eigenvalue weighted by atomic mass is 19.2. The second-order valence-corrected chi connectivity index (χ2v) is 5.25. The lowest BCUT2D eigenvalue weighted by Crippen LogP contribution is -2.47. The number of esters is 2. The molecule has 132 valence electrons. The van der Waals surface area contributed by atoms with E-state index in [1.54, 1.807) is 6.92 Å². The van der Waals surface area contributed by atoms with Gasteiger partial charge in [-0.05, 0) is 23.6 Å². The molecule has 0 radical (unpaired) electrons. The number of benzene rings is 1. The molecule has 1 amide bonds. The minimum Gasteiger partial charge on any atom is -0.469 e. The maximum atomic E-state index is 13.2. The van der Waals surface area contributed by atoms with Gasteiger partial charge in [0.05, 0.1) is 27.1 Å². The van der Waals surface area contributed by atoms with Gasteiger partial charge in [0.2, 0.25) is 5.91 Å². The molecule has 0 aliphatic carbocycles. The average molecular weight is 343 g/mol. The molecule has 0 fully saturated rings. The first-order valence-electron chi connectivity index (χ1n) is 7.16. The van der Waals surface area contributed by atoms with Crippen LogP contribution in [0.1, 0.15) is 18.9 Å². The minimum atomic E-state index is -1.07. The van der Waals surface area contributed by atoms with Crippen molar-refractivity contribution in [3.05, 3.63) is 35.4 Å². The van der Waals surface area contributed by atoms with Gasteiger partial charge in [-0.25, -0.2) is 13.6 Å². The molecule has 0 bridgehead atoms. The summed E-state index contributed by atoms with van der Waals surface area (Å²) in [6.45, 7) is 1.58. The fourth-order valence-corrected chi connectivity index (χ4v) is 2.08. The number of halogens is 2. The lowest BCUT2D eigenvalue weighted by atomic mass is 9.98. The van der Waals surface area contributed by atoms with Crippen molar-refractivity contribution in [3.8, 4) is 0 Å². The third-order valence-electron chi connectivity index (χ3n) is 3.41. The number of hydrogen-bond acceptors (Lipinski definition) is 5. The first kappa shape index (κ1) is 19.5. The zero-order valence-corrected chi connectivity index (χ0v) is 13.6. The topological polar surface area (TPSA) is 81.7 Å². The molecular weight excluding hydrogens is 324 g/mol. The standard InChI is InChI=1S/C16H19F2NO5/c1-9(6-14(21)23-2)15(16(22)24-3)19-13(20)8-10-4-5-11(17)12(18)7-10/h4-5,7,9,15H,6,8H2,1-3H3,(H,19,20)/t9-,15+/m0/s1. The Hall–Kier alpha value is -2.51. The van der Waals surface area contributed by atoms with Crippen LogP contribution in [0.5, 0.6) is 0 Å². The van der Waals surface area contributed by atoms with Crippen molar-refractivity contribution in [1.82, 2.24) is 5.32 Å². The molecule has 0 aliphatic heterocycles. The van der Waals surface area contributed by atoms with Crippen molar-refractivity contribution in [2.24, 2.45) is 5.92 Å². The molecule has 6 nitrogen and oxygen atoms in total. The predicted molar refractivity (Wildman–Crippen MR) is 79.8 cm³/mol. The molecule has 8 heteroatoms. The molecule has 1 N–H and O–H groups in total. The lowest BCUT2D eigenvalue weighted by molar-refractivity contribution is -0.148. The van der Waals surface area contributed by atoms with Crippen LogP contribution in [-0.4, -0.2) is 38.1 Å². The predicted octanol–water partition coefficient (Wildman–Crippen LogP) is 1.36. The first-order chi connectivity index (χ1) is 11.3. The average Bonchev–Trinajstić information content (AvgIpc) is 2.55. The Morgan fingerprint density at radius 3 is 2.33 bits per heavy atom. The number of methoxy groups -OCH3 is 2. The van der Waals surface area contributed by atoms with E-state index in [2.05, 4.69) is 14.8 Å². The number of ether oxygens (including phenoxy) is 2. The number of rotatable bonds is 7. The quantitative estimate of drug-likeness (QED) is 0.756. The van der Waals surface area contributed by atoms with E-state index in [9.17, 15) is 23.2 Å². The second kappa shape index (κ2) is 8.95. The van der Waals surface area contributed by atoms with Gasteiger partial charge in [0.1, 0.15) is 6.04 Å². The molecule has 0 spiro atoms. The van der Waals surface area contributed by atoms with Gasteiger partial charge >= 0.3 is 11.9 Å². The van der Waals surface area contributed by atoms with Crippen LogP contribution in [-0.2, 0) is 30.3 Å². The summed E-state index contributed by atoms with van der Waals surface area (Å²) < 4.78 is 35.2. The van der Waals surface area contributed by atoms with Crippen molar-refractivity contribution >= 4 is 17.8 Å². The fraction of sp³-hybridized carbons (Fsp3) is 0.438. The van der Waals surface area contributed by atoms with Gasteiger partial charge < -0.3 is 14.8 Å². The molecular formula is C16H19F2NO5. The number of amides is 1. The Balaban J connectivity index is 2.78. The zero-order chi connectivity index (χ0) is 18.3. The molecule has 0 heterocycles. The van der Waals surface area contributed by atoms with Crippen molar-refractivity contribution in [2.45, 2.75) is 25.8 Å². The maximum absolute atomic E-state index is 13.2. The normalized spacial score (nSPS) is 12.9. The molecule has 1 aromatic carbocycles. The van der Waals surface area contributed by atoms with Crippen molar-refractivity contribution in [3.63, 3.8) is 0 Å². The summed E-state index contributed by atoms with van der Waals surface area (Å²) in [4.78, 5) is 35.2. The molecule has 0 saturated heterocycles. The van der Waals surface area contributed by atoms with Crippen LogP contribution in [0.4, 0.5) is 8.78 Å². The summed E-state index contributed by atoms with van der Waals surface area (Å²) in [5.41, 5.74) is 0.246. The van der Waals surface area contributed by atoms with Gasteiger partial charge in [-0.2, -0.15) is 0 Å². The Morgan fingerprint density at radius 1 is 1.12 bits per heavy atom. The number of nitrogens with one attached hydrogen (secondary N) is 1. The first-order valence-corrected chi connectivity index (χ1v) is 7.16. The largest absolute Gasteiger partial charge is 0.469 e. The monoisotopic (exact) mass is 343 g/mol. The van der Waals surface area contributed by atoms with E-state index >= 15 is 0 Å². The Morgan fingerprint density at radius 2 is 1.79 bits per heavy atom. The van der Waals surface area contributed by atoms with Gasteiger partial charge in [-0.1, -0.05) is 13.0 Å². The van der Waals surface area contributed by atoms with Gasteiger partial charge in [-0.15, -0.1) is 0 Å². The summed E-state index contributed by atoms with van der Waals surface area (Å²) in [5.74, 6) is -4.50. The fourth-order valence-electron chi connectivity index (χ4n) is 2.08. The zero-order valence-electron chi connectivity index (χ0n) is 13.6.